The van der Waals surface area contributed by atoms with Gasteiger partial charge < -0.3 is 14.4 Å². The topological polar surface area (TPSA) is 80.4 Å². The Bertz CT molecular complexity index is 886. The number of benzene rings is 1. The first-order valence-electron chi connectivity index (χ1n) is 9.33. The molecule has 7 nitrogen and oxygen atoms in total. The van der Waals surface area contributed by atoms with Gasteiger partial charge in [0.15, 0.2) is 0 Å². The summed E-state index contributed by atoms with van der Waals surface area (Å²) >= 11 is 0. The van der Waals surface area contributed by atoms with Crippen molar-refractivity contribution in [2.45, 2.75) is 39.3 Å². The van der Waals surface area contributed by atoms with Gasteiger partial charge >= 0.3 is 6.09 Å². The molecule has 0 bridgehead atoms. The summed E-state index contributed by atoms with van der Waals surface area (Å²) < 4.78 is 12.7. The number of rotatable bonds is 5. The Hall–Kier alpha value is -3.01. The fourth-order valence-electron chi connectivity index (χ4n) is 3.19. The van der Waals surface area contributed by atoms with Gasteiger partial charge in [-0.25, -0.2) is 4.79 Å². The van der Waals surface area contributed by atoms with Crippen LogP contribution >= 0.6 is 0 Å². The van der Waals surface area contributed by atoms with E-state index < -0.39 is 5.60 Å². The second kappa shape index (κ2) is 7.93. The van der Waals surface area contributed by atoms with Gasteiger partial charge in [0.2, 0.25) is 0 Å². The van der Waals surface area contributed by atoms with Crippen LogP contribution in [0.4, 0.5) is 4.79 Å². The van der Waals surface area contributed by atoms with Gasteiger partial charge in [-0.2, -0.15) is 10.4 Å². The van der Waals surface area contributed by atoms with Gasteiger partial charge in [-0.3, -0.25) is 4.68 Å². The van der Waals surface area contributed by atoms with Gasteiger partial charge in [0, 0.05) is 42.9 Å². The number of ether oxygens (including phenoxy) is 2. The van der Waals surface area contributed by atoms with Crippen molar-refractivity contribution < 1.29 is 14.3 Å². The van der Waals surface area contributed by atoms with Crippen molar-refractivity contribution in [3.05, 3.63) is 36.2 Å². The molecule has 0 unspecified atom stereocenters. The maximum atomic E-state index is 12.0. The molecule has 2 heterocycles. The fourth-order valence-corrected chi connectivity index (χ4v) is 3.19. The number of likely N-dealkylation sites (tertiary alicyclic amines) is 1. The van der Waals surface area contributed by atoms with E-state index in [1.165, 1.54) is 0 Å². The molecule has 7 heteroatoms. The Morgan fingerprint density at radius 3 is 2.71 bits per heavy atom. The van der Waals surface area contributed by atoms with Crippen LogP contribution in [0.3, 0.4) is 0 Å². The monoisotopic (exact) mass is 382 g/mol. The predicted molar refractivity (Wildman–Crippen MR) is 105 cm³/mol. The lowest BCUT2D eigenvalue weighted by Crippen LogP contribution is -2.52. The summed E-state index contributed by atoms with van der Waals surface area (Å²) in [4.78, 5) is 13.7. The molecule has 1 aliphatic rings. The molecule has 1 aromatic heterocycles. The van der Waals surface area contributed by atoms with Crippen molar-refractivity contribution >= 4 is 6.09 Å². The minimum absolute atomic E-state index is 0.255. The van der Waals surface area contributed by atoms with Gasteiger partial charge in [-0.15, -0.1) is 0 Å². The van der Waals surface area contributed by atoms with Crippen LogP contribution in [0, 0.1) is 17.2 Å². The highest BCUT2D eigenvalue weighted by atomic mass is 16.6. The average molecular weight is 382 g/mol. The van der Waals surface area contributed by atoms with Crippen LogP contribution in [0.15, 0.2) is 30.6 Å². The Labute approximate surface area is 165 Å². The van der Waals surface area contributed by atoms with Crippen LogP contribution < -0.4 is 4.74 Å². The lowest BCUT2D eigenvalue weighted by Gasteiger charge is -2.39. The number of carbonyl (C=O) groups excluding carboxylic acids is 1. The van der Waals surface area contributed by atoms with Gasteiger partial charge in [0.25, 0.3) is 0 Å². The highest BCUT2D eigenvalue weighted by Gasteiger charge is 2.33. The predicted octanol–water partition coefficient (Wildman–Crippen LogP) is 3.49. The highest BCUT2D eigenvalue weighted by Crippen LogP contribution is 2.28. The van der Waals surface area contributed by atoms with Crippen molar-refractivity contribution in [2.75, 3.05) is 20.2 Å². The molecule has 148 valence electrons. The third-order valence-corrected chi connectivity index (χ3v) is 4.58. The van der Waals surface area contributed by atoms with Gasteiger partial charge in [0.05, 0.1) is 25.8 Å². The molecule has 0 spiro atoms. The molecule has 2 aromatic rings. The van der Waals surface area contributed by atoms with E-state index in [4.69, 9.17) is 14.7 Å². The molecule has 0 radical (unpaired) electrons. The standard InChI is InChI=1S/C21H26N4O3/c1-21(2,3)28-20(26)24-11-15(12-24)13-25-14-18(10-23-25)17-6-5-16(7-8-22)19(9-17)27-4/h5-6,9-10,14-15H,7,11-13H2,1-4H3. The molecule has 0 aliphatic carbocycles. The number of nitrogens with zero attached hydrogens (tertiary/aromatic N) is 4. The SMILES string of the molecule is COc1cc(-c2cnn(CC3CN(C(=O)OC(C)(C)C)C3)c2)ccc1CC#N. The number of hydrogen-bond acceptors (Lipinski definition) is 5. The molecule has 28 heavy (non-hydrogen) atoms. The van der Waals surface area contributed by atoms with E-state index in [0.29, 0.717) is 31.2 Å². The third-order valence-electron chi connectivity index (χ3n) is 4.58. The normalized spacial score (nSPS) is 14.3. The zero-order valence-corrected chi connectivity index (χ0v) is 16.8. The smallest absolute Gasteiger partial charge is 0.410 e. The second-order valence-electron chi connectivity index (χ2n) is 8.06. The van der Waals surface area contributed by atoms with Crippen molar-refractivity contribution in [1.29, 1.82) is 5.26 Å². The van der Waals surface area contributed by atoms with Crippen molar-refractivity contribution in [3.63, 3.8) is 0 Å². The largest absolute Gasteiger partial charge is 0.496 e. The Morgan fingerprint density at radius 1 is 1.32 bits per heavy atom. The quantitative estimate of drug-likeness (QED) is 0.791. The fraction of sp³-hybridized carbons (Fsp3) is 0.476. The van der Waals surface area contributed by atoms with Crippen LogP contribution in [0.2, 0.25) is 0 Å². The summed E-state index contributed by atoms with van der Waals surface area (Å²) in [5, 5.41) is 13.3. The third kappa shape index (κ3) is 4.63. The highest BCUT2D eigenvalue weighted by molar-refractivity contribution is 5.69. The minimum atomic E-state index is -0.469. The minimum Gasteiger partial charge on any atom is -0.496 e. The first-order chi connectivity index (χ1) is 13.3. The molecule has 1 aliphatic heterocycles. The zero-order valence-electron chi connectivity index (χ0n) is 16.8. The van der Waals surface area contributed by atoms with E-state index in [-0.39, 0.29) is 6.09 Å². The molecule has 3 rings (SSSR count). The molecule has 1 aromatic carbocycles. The zero-order chi connectivity index (χ0) is 20.3. The van der Waals surface area contributed by atoms with E-state index in [1.54, 1.807) is 12.0 Å². The molecule has 1 fully saturated rings. The Balaban J connectivity index is 1.59. The van der Waals surface area contributed by atoms with Crippen LogP contribution in [0.5, 0.6) is 5.75 Å². The van der Waals surface area contributed by atoms with E-state index >= 15 is 0 Å². The summed E-state index contributed by atoms with van der Waals surface area (Å²) in [5.74, 6) is 1.08. The van der Waals surface area contributed by atoms with Crippen molar-refractivity contribution in [2.24, 2.45) is 5.92 Å². The first kappa shape index (κ1) is 19.7. The lowest BCUT2D eigenvalue weighted by atomic mass is 10.0. The maximum absolute atomic E-state index is 12.0. The van der Waals surface area contributed by atoms with E-state index in [9.17, 15) is 4.79 Å². The van der Waals surface area contributed by atoms with Gasteiger partial charge in [0.1, 0.15) is 11.4 Å². The number of carbonyl (C=O) groups is 1. The summed E-state index contributed by atoms with van der Waals surface area (Å²) in [7, 11) is 1.61. The number of aromatic nitrogens is 2. The van der Waals surface area contributed by atoms with Gasteiger partial charge in [-0.1, -0.05) is 12.1 Å². The van der Waals surface area contributed by atoms with E-state index in [2.05, 4.69) is 11.2 Å². The molecule has 0 saturated carbocycles. The van der Waals surface area contributed by atoms with Crippen molar-refractivity contribution in [1.82, 2.24) is 14.7 Å². The van der Waals surface area contributed by atoms with Crippen LogP contribution in [0.1, 0.15) is 26.3 Å². The number of nitriles is 1. The summed E-state index contributed by atoms with van der Waals surface area (Å²) in [5.41, 5.74) is 2.39. The summed E-state index contributed by atoms with van der Waals surface area (Å²) in [6.07, 6.45) is 3.88. The second-order valence-corrected chi connectivity index (χ2v) is 8.06. The summed E-state index contributed by atoms with van der Waals surface area (Å²) in [6.45, 7) is 7.73. The Kier molecular flexibility index (Phi) is 5.59. The van der Waals surface area contributed by atoms with E-state index in [0.717, 1.165) is 23.2 Å². The summed E-state index contributed by atoms with van der Waals surface area (Å²) in [6, 6.07) is 7.97. The first-order valence-corrected chi connectivity index (χ1v) is 9.33. The molecule has 0 atom stereocenters. The molecular formula is C21H26N4O3. The average Bonchev–Trinajstić information content (AvgIpc) is 3.05. The number of methoxy groups -OCH3 is 1. The Morgan fingerprint density at radius 2 is 2.07 bits per heavy atom. The number of amides is 1. The molecule has 1 saturated heterocycles. The van der Waals surface area contributed by atoms with Crippen LogP contribution in [-0.2, 0) is 17.7 Å². The molecular weight excluding hydrogens is 356 g/mol. The van der Waals surface area contributed by atoms with Crippen LogP contribution in [0.25, 0.3) is 11.1 Å². The van der Waals surface area contributed by atoms with Crippen LogP contribution in [-0.4, -0.2) is 46.6 Å². The van der Waals surface area contributed by atoms with Crippen molar-refractivity contribution in [3.8, 4) is 22.9 Å². The molecule has 0 N–H and O–H groups in total. The van der Waals surface area contributed by atoms with Gasteiger partial charge in [-0.05, 0) is 32.4 Å². The maximum Gasteiger partial charge on any atom is 0.410 e. The number of hydrogen-bond donors (Lipinski definition) is 0. The molecule has 1 amide bonds. The lowest BCUT2D eigenvalue weighted by molar-refractivity contribution is -0.00383. The van der Waals surface area contributed by atoms with E-state index in [1.807, 2.05) is 56.0 Å².